The lowest BCUT2D eigenvalue weighted by molar-refractivity contribution is -0.116. The van der Waals surface area contributed by atoms with Crippen molar-refractivity contribution in [3.05, 3.63) is 32.4 Å². The van der Waals surface area contributed by atoms with Crippen molar-refractivity contribution >= 4 is 44.1 Å². The maximum absolute atomic E-state index is 12.6. The fourth-order valence-corrected chi connectivity index (χ4v) is 4.62. The highest BCUT2D eigenvalue weighted by molar-refractivity contribution is 9.10. The summed E-state index contributed by atoms with van der Waals surface area (Å²) in [5.74, 6) is -0.561. The maximum atomic E-state index is 12.6. The number of rotatable bonds is 5. The molecule has 1 aliphatic carbocycles. The third-order valence-corrected chi connectivity index (χ3v) is 6.29. The number of carbonyl (C=O) groups excluding carboxylic acids is 2. The van der Waals surface area contributed by atoms with Crippen LogP contribution in [0.1, 0.15) is 53.2 Å². The van der Waals surface area contributed by atoms with Crippen molar-refractivity contribution < 1.29 is 14.3 Å². The van der Waals surface area contributed by atoms with Crippen LogP contribution in [-0.4, -0.2) is 27.8 Å². The molecule has 0 bridgehead atoms. The average Bonchev–Trinajstić information content (AvgIpc) is 3.08. The third kappa shape index (κ3) is 4.01. The van der Waals surface area contributed by atoms with Crippen molar-refractivity contribution in [3.63, 3.8) is 0 Å². The third-order valence-electron chi connectivity index (χ3n) is 4.31. The Morgan fingerprint density at radius 2 is 2.12 bits per heavy atom. The van der Waals surface area contributed by atoms with Crippen LogP contribution in [0.25, 0.3) is 0 Å². The number of fused-ring (bicyclic) bond motifs is 1. The molecule has 0 radical (unpaired) electrons. The zero-order chi connectivity index (χ0) is 18.8. The van der Waals surface area contributed by atoms with Crippen LogP contribution < -0.4 is 5.32 Å². The summed E-state index contributed by atoms with van der Waals surface area (Å²) in [6.45, 7) is 5.64. The molecule has 140 valence electrons. The normalized spacial score (nSPS) is 13.6. The second-order valence-corrected chi connectivity index (χ2v) is 8.61. The van der Waals surface area contributed by atoms with E-state index < -0.39 is 0 Å². The fourth-order valence-electron chi connectivity index (χ4n) is 3.03. The molecule has 0 atom stereocenters. The molecule has 0 fully saturated rings. The Hall–Kier alpha value is -1.67. The summed E-state index contributed by atoms with van der Waals surface area (Å²) in [7, 11) is 0. The molecule has 2 heterocycles. The van der Waals surface area contributed by atoms with Crippen LogP contribution in [0.5, 0.6) is 0 Å². The first-order chi connectivity index (χ1) is 12.4. The second-order valence-electron chi connectivity index (χ2n) is 6.65. The Morgan fingerprint density at radius 3 is 2.77 bits per heavy atom. The number of anilines is 1. The lowest BCUT2D eigenvalue weighted by Crippen LogP contribution is -2.22. The SMILES string of the molecule is Cc1c(Br)cnn1CC(=O)Nc1sc2c(c1C(=O)OC(C)C)CCCC2. The molecular formula is C18H22BrN3O3S. The minimum Gasteiger partial charge on any atom is -0.459 e. The Bertz CT molecular complexity index is 841. The number of amides is 1. The Balaban J connectivity index is 1.84. The summed E-state index contributed by atoms with van der Waals surface area (Å²) in [6, 6.07) is 0. The predicted molar refractivity (Wildman–Crippen MR) is 105 cm³/mol. The van der Waals surface area contributed by atoms with Crippen LogP contribution in [-0.2, 0) is 28.9 Å². The van der Waals surface area contributed by atoms with Crippen LogP contribution >= 0.6 is 27.3 Å². The Labute approximate surface area is 165 Å². The van der Waals surface area contributed by atoms with Gasteiger partial charge in [0.05, 0.1) is 28.0 Å². The molecule has 2 aromatic heterocycles. The summed E-state index contributed by atoms with van der Waals surface area (Å²) in [5, 5.41) is 7.68. The van der Waals surface area contributed by atoms with Gasteiger partial charge in [-0.1, -0.05) is 0 Å². The largest absolute Gasteiger partial charge is 0.459 e. The van der Waals surface area contributed by atoms with Crippen molar-refractivity contribution in [1.82, 2.24) is 9.78 Å². The number of aromatic nitrogens is 2. The van der Waals surface area contributed by atoms with Crippen molar-refractivity contribution in [2.45, 2.75) is 59.1 Å². The first-order valence-electron chi connectivity index (χ1n) is 8.70. The zero-order valence-corrected chi connectivity index (χ0v) is 17.5. The molecule has 1 amide bonds. The number of hydrogen-bond donors (Lipinski definition) is 1. The fraction of sp³-hybridized carbons (Fsp3) is 0.500. The standard InChI is InChI=1S/C18H22BrN3O3S/c1-10(2)25-18(24)16-12-6-4-5-7-14(12)26-17(16)21-15(23)9-22-11(3)13(19)8-20-22/h8,10H,4-7,9H2,1-3H3,(H,21,23). The van der Waals surface area contributed by atoms with Crippen LogP contribution in [0.2, 0.25) is 0 Å². The number of halogens is 1. The number of ether oxygens (including phenoxy) is 1. The zero-order valence-electron chi connectivity index (χ0n) is 15.1. The van der Waals surface area contributed by atoms with Gasteiger partial charge in [-0.15, -0.1) is 11.3 Å². The molecule has 8 heteroatoms. The van der Waals surface area contributed by atoms with Crippen molar-refractivity contribution in [2.75, 3.05) is 5.32 Å². The first-order valence-corrected chi connectivity index (χ1v) is 10.3. The molecule has 1 aliphatic rings. The molecule has 0 saturated carbocycles. The Morgan fingerprint density at radius 1 is 1.38 bits per heavy atom. The van der Waals surface area contributed by atoms with E-state index in [1.807, 2.05) is 20.8 Å². The summed E-state index contributed by atoms with van der Waals surface area (Å²) < 4.78 is 7.90. The van der Waals surface area contributed by atoms with E-state index in [1.165, 1.54) is 16.2 Å². The van der Waals surface area contributed by atoms with E-state index in [9.17, 15) is 9.59 Å². The number of carbonyl (C=O) groups is 2. The van der Waals surface area contributed by atoms with Gasteiger partial charge in [-0.05, 0) is 67.9 Å². The van der Waals surface area contributed by atoms with Crippen LogP contribution in [0.15, 0.2) is 10.7 Å². The first kappa shape index (κ1) is 19.1. The highest BCUT2D eigenvalue weighted by Gasteiger charge is 2.28. The van der Waals surface area contributed by atoms with Crippen LogP contribution in [0.3, 0.4) is 0 Å². The summed E-state index contributed by atoms with van der Waals surface area (Å²) in [5.41, 5.74) is 2.45. The highest BCUT2D eigenvalue weighted by Crippen LogP contribution is 2.38. The quantitative estimate of drug-likeness (QED) is 0.711. The lowest BCUT2D eigenvalue weighted by Gasteiger charge is -2.14. The molecule has 3 rings (SSSR count). The number of nitrogens with zero attached hydrogens (tertiary/aromatic N) is 2. The smallest absolute Gasteiger partial charge is 0.341 e. The van der Waals surface area contributed by atoms with Gasteiger partial charge in [0.15, 0.2) is 0 Å². The van der Waals surface area contributed by atoms with E-state index in [4.69, 9.17) is 4.74 Å². The minimum atomic E-state index is -0.354. The highest BCUT2D eigenvalue weighted by atomic mass is 79.9. The summed E-state index contributed by atoms with van der Waals surface area (Å²) in [6.07, 6.45) is 5.44. The molecule has 0 saturated heterocycles. The monoisotopic (exact) mass is 439 g/mol. The van der Waals surface area contributed by atoms with Crippen LogP contribution in [0, 0.1) is 6.92 Å². The molecule has 0 unspecified atom stereocenters. The topological polar surface area (TPSA) is 73.2 Å². The molecule has 26 heavy (non-hydrogen) atoms. The van der Waals surface area contributed by atoms with E-state index in [-0.39, 0.29) is 24.5 Å². The maximum Gasteiger partial charge on any atom is 0.341 e. The van der Waals surface area contributed by atoms with E-state index in [2.05, 4.69) is 26.3 Å². The van der Waals surface area contributed by atoms with Crippen molar-refractivity contribution in [3.8, 4) is 0 Å². The van der Waals surface area contributed by atoms with Crippen LogP contribution in [0.4, 0.5) is 5.00 Å². The second kappa shape index (κ2) is 7.92. The van der Waals surface area contributed by atoms with Crippen molar-refractivity contribution in [1.29, 1.82) is 0 Å². The van der Waals surface area contributed by atoms with Gasteiger partial charge in [0, 0.05) is 4.88 Å². The van der Waals surface area contributed by atoms with Gasteiger partial charge in [0.2, 0.25) is 5.91 Å². The number of nitrogens with one attached hydrogen (secondary N) is 1. The molecule has 2 aromatic rings. The van der Waals surface area contributed by atoms with Crippen molar-refractivity contribution in [2.24, 2.45) is 0 Å². The van der Waals surface area contributed by atoms with Gasteiger partial charge in [0.1, 0.15) is 11.5 Å². The molecule has 6 nitrogen and oxygen atoms in total. The molecule has 1 N–H and O–H groups in total. The number of thiophene rings is 1. The van der Waals surface area contributed by atoms with Gasteiger partial charge in [-0.25, -0.2) is 4.79 Å². The van der Waals surface area contributed by atoms with E-state index in [0.29, 0.717) is 10.6 Å². The molecule has 0 aliphatic heterocycles. The summed E-state index contributed by atoms with van der Waals surface area (Å²) in [4.78, 5) is 26.3. The van der Waals surface area contributed by atoms with Gasteiger partial charge < -0.3 is 10.1 Å². The molecule has 0 spiro atoms. The molecular weight excluding hydrogens is 418 g/mol. The average molecular weight is 440 g/mol. The number of esters is 1. The minimum absolute atomic E-state index is 0.0959. The summed E-state index contributed by atoms with van der Waals surface area (Å²) >= 11 is 4.88. The van der Waals surface area contributed by atoms with E-state index >= 15 is 0 Å². The van der Waals surface area contributed by atoms with Gasteiger partial charge in [-0.3, -0.25) is 9.48 Å². The van der Waals surface area contributed by atoms with Gasteiger partial charge in [0.25, 0.3) is 0 Å². The Kier molecular flexibility index (Phi) is 5.82. The molecule has 0 aromatic carbocycles. The number of hydrogen-bond acceptors (Lipinski definition) is 5. The van der Waals surface area contributed by atoms with Gasteiger partial charge >= 0.3 is 5.97 Å². The van der Waals surface area contributed by atoms with E-state index in [1.54, 1.807) is 10.9 Å². The van der Waals surface area contributed by atoms with Gasteiger partial charge in [-0.2, -0.15) is 5.10 Å². The number of aryl methyl sites for hydroxylation is 1. The predicted octanol–water partition coefficient (Wildman–Crippen LogP) is 4.10. The lowest BCUT2D eigenvalue weighted by atomic mass is 9.95. The van der Waals surface area contributed by atoms with E-state index in [0.717, 1.165) is 41.4 Å².